The van der Waals surface area contributed by atoms with Crippen LogP contribution >= 0.6 is 0 Å². The number of anilines is 1. The molecule has 1 aromatic rings. The predicted molar refractivity (Wildman–Crippen MR) is 76.6 cm³/mol. The molecule has 2 nitrogen and oxygen atoms in total. The van der Waals surface area contributed by atoms with Crippen LogP contribution in [0, 0.1) is 0 Å². The van der Waals surface area contributed by atoms with Crippen molar-refractivity contribution >= 4 is 5.69 Å². The normalized spacial score (nSPS) is 10.5. The van der Waals surface area contributed by atoms with Crippen LogP contribution in [-0.2, 0) is 6.54 Å². The lowest BCUT2D eigenvalue weighted by Gasteiger charge is -2.19. The van der Waals surface area contributed by atoms with Gasteiger partial charge in [0.05, 0.1) is 0 Å². The van der Waals surface area contributed by atoms with Gasteiger partial charge in [-0.05, 0) is 30.7 Å². The Labute approximate surface area is 106 Å². The molecular formula is C15H26N2. The largest absolute Gasteiger partial charge is 0.375 e. The minimum Gasteiger partial charge on any atom is -0.375 e. The van der Waals surface area contributed by atoms with Crippen LogP contribution in [0.5, 0.6) is 0 Å². The summed E-state index contributed by atoms with van der Waals surface area (Å²) in [6, 6.07) is 8.87. The molecule has 0 saturated carbocycles. The topological polar surface area (TPSA) is 15.3 Å². The third kappa shape index (κ3) is 5.22. The molecule has 1 rings (SSSR count). The van der Waals surface area contributed by atoms with Crippen molar-refractivity contribution in [3.8, 4) is 0 Å². The van der Waals surface area contributed by atoms with Gasteiger partial charge >= 0.3 is 0 Å². The number of nitrogens with one attached hydrogen (secondary N) is 1. The van der Waals surface area contributed by atoms with Crippen molar-refractivity contribution < 1.29 is 0 Å². The van der Waals surface area contributed by atoms with Gasteiger partial charge in [-0.25, -0.2) is 0 Å². The second-order valence-electron chi connectivity index (χ2n) is 4.58. The summed E-state index contributed by atoms with van der Waals surface area (Å²) in [5.41, 5.74) is 2.68. The van der Waals surface area contributed by atoms with E-state index in [9.17, 15) is 0 Å². The van der Waals surface area contributed by atoms with Crippen molar-refractivity contribution in [2.75, 3.05) is 25.0 Å². The van der Waals surface area contributed by atoms with Crippen LogP contribution in [0.25, 0.3) is 0 Å². The molecule has 0 saturated heterocycles. The Bertz CT molecular complexity index is 292. The van der Waals surface area contributed by atoms with Gasteiger partial charge in [0.15, 0.2) is 0 Å². The SMILES string of the molecule is CCCCCN(C)c1ccc(CNCC)cc1. The second kappa shape index (κ2) is 8.13. The Morgan fingerprint density at radius 3 is 2.35 bits per heavy atom. The van der Waals surface area contributed by atoms with E-state index in [0.29, 0.717) is 0 Å². The van der Waals surface area contributed by atoms with Gasteiger partial charge in [-0.15, -0.1) is 0 Å². The number of nitrogens with zero attached hydrogens (tertiary/aromatic N) is 1. The fourth-order valence-corrected chi connectivity index (χ4v) is 1.87. The first-order valence-electron chi connectivity index (χ1n) is 6.78. The van der Waals surface area contributed by atoms with Gasteiger partial charge in [-0.1, -0.05) is 38.8 Å². The molecule has 0 fully saturated rings. The van der Waals surface area contributed by atoms with Crippen molar-refractivity contribution in [1.82, 2.24) is 5.32 Å². The summed E-state index contributed by atoms with van der Waals surface area (Å²) in [5, 5.41) is 3.34. The van der Waals surface area contributed by atoms with Gasteiger partial charge in [0.2, 0.25) is 0 Å². The molecule has 17 heavy (non-hydrogen) atoms. The van der Waals surface area contributed by atoms with Crippen LogP contribution in [0.4, 0.5) is 5.69 Å². The first-order chi connectivity index (χ1) is 8.27. The molecule has 0 aliphatic carbocycles. The molecule has 0 spiro atoms. The van der Waals surface area contributed by atoms with E-state index in [4.69, 9.17) is 0 Å². The van der Waals surface area contributed by atoms with Crippen LogP contribution < -0.4 is 10.2 Å². The quantitative estimate of drug-likeness (QED) is 0.693. The van der Waals surface area contributed by atoms with Crippen LogP contribution in [0.15, 0.2) is 24.3 Å². The van der Waals surface area contributed by atoms with E-state index < -0.39 is 0 Å². The highest BCUT2D eigenvalue weighted by atomic mass is 15.1. The minimum absolute atomic E-state index is 0.969. The number of hydrogen-bond donors (Lipinski definition) is 1. The third-order valence-corrected chi connectivity index (χ3v) is 3.05. The number of unbranched alkanes of at least 4 members (excludes halogenated alkanes) is 2. The zero-order valence-corrected chi connectivity index (χ0v) is 11.5. The Kier molecular flexibility index (Phi) is 6.71. The van der Waals surface area contributed by atoms with Gasteiger partial charge in [-0.3, -0.25) is 0 Å². The van der Waals surface area contributed by atoms with E-state index in [1.807, 2.05) is 0 Å². The molecule has 0 aromatic heterocycles. The molecule has 1 N–H and O–H groups in total. The molecule has 0 radical (unpaired) electrons. The van der Waals surface area contributed by atoms with Gasteiger partial charge in [-0.2, -0.15) is 0 Å². The number of benzene rings is 1. The molecule has 0 amide bonds. The summed E-state index contributed by atoms with van der Waals surface area (Å²) in [5.74, 6) is 0. The van der Waals surface area contributed by atoms with Crippen molar-refractivity contribution in [3.63, 3.8) is 0 Å². The molecule has 0 unspecified atom stereocenters. The lowest BCUT2D eigenvalue weighted by atomic mass is 10.2. The van der Waals surface area contributed by atoms with E-state index in [1.54, 1.807) is 0 Å². The Hall–Kier alpha value is -1.02. The molecule has 1 aromatic carbocycles. The first kappa shape index (κ1) is 14.0. The van der Waals surface area contributed by atoms with Crippen LogP contribution in [0.1, 0.15) is 38.7 Å². The molecule has 0 aliphatic rings. The maximum absolute atomic E-state index is 3.34. The first-order valence-corrected chi connectivity index (χ1v) is 6.78. The highest BCUT2D eigenvalue weighted by Gasteiger charge is 2.00. The van der Waals surface area contributed by atoms with Crippen molar-refractivity contribution in [1.29, 1.82) is 0 Å². The van der Waals surface area contributed by atoms with Crippen molar-refractivity contribution in [2.24, 2.45) is 0 Å². The van der Waals surface area contributed by atoms with Crippen molar-refractivity contribution in [2.45, 2.75) is 39.7 Å². The average Bonchev–Trinajstić information content (AvgIpc) is 2.37. The van der Waals surface area contributed by atoms with Crippen LogP contribution in [0.2, 0.25) is 0 Å². The van der Waals surface area contributed by atoms with E-state index in [2.05, 4.69) is 55.4 Å². The van der Waals surface area contributed by atoms with Gasteiger partial charge in [0, 0.05) is 25.8 Å². The summed E-state index contributed by atoms with van der Waals surface area (Å²) in [7, 11) is 2.18. The fraction of sp³-hybridized carbons (Fsp3) is 0.600. The molecule has 2 heteroatoms. The van der Waals surface area contributed by atoms with Crippen molar-refractivity contribution in [3.05, 3.63) is 29.8 Å². The monoisotopic (exact) mass is 234 g/mol. The highest BCUT2D eigenvalue weighted by molar-refractivity contribution is 5.46. The van der Waals surface area contributed by atoms with E-state index >= 15 is 0 Å². The molecule has 0 bridgehead atoms. The summed E-state index contributed by atoms with van der Waals surface area (Å²) in [6.07, 6.45) is 3.89. The zero-order valence-electron chi connectivity index (χ0n) is 11.5. The van der Waals surface area contributed by atoms with Crippen LogP contribution in [-0.4, -0.2) is 20.1 Å². The summed E-state index contributed by atoms with van der Waals surface area (Å²) in [4.78, 5) is 2.34. The average molecular weight is 234 g/mol. The predicted octanol–water partition coefficient (Wildman–Crippen LogP) is 3.42. The summed E-state index contributed by atoms with van der Waals surface area (Å²) >= 11 is 0. The third-order valence-electron chi connectivity index (χ3n) is 3.05. The van der Waals surface area contributed by atoms with Gasteiger partial charge in [0.1, 0.15) is 0 Å². The molecule has 0 aliphatic heterocycles. The lowest BCUT2D eigenvalue weighted by molar-refractivity contribution is 0.704. The maximum Gasteiger partial charge on any atom is 0.0363 e. The lowest BCUT2D eigenvalue weighted by Crippen LogP contribution is -2.18. The van der Waals surface area contributed by atoms with Gasteiger partial charge < -0.3 is 10.2 Å². The minimum atomic E-state index is 0.969. The molecule has 0 atom stereocenters. The maximum atomic E-state index is 3.34. The van der Waals surface area contributed by atoms with E-state index in [0.717, 1.165) is 19.6 Å². The molecule has 96 valence electrons. The molecule has 0 heterocycles. The Morgan fingerprint density at radius 1 is 1.06 bits per heavy atom. The second-order valence-corrected chi connectivity index (χ2v) is 4.58. The van der Waals surface area contributed by atoms with Gasteiger partial charge in [0.25, 0.3) is 0 Å². The van der Waals surface area contributed by atoms with E-state index in [1.165, 1.54) is 30.5 Å². The highest BCUT2D eigenvalue weighted by Crippen LogP contribution is 2.14. The summed E-state index contributed by atoms with van der Waals surface area (Å²) in [6.45, 7) is 7.53. The van der Waals surface area contributed by atoms with E-state index in [-0.39, 0.29) is 0 Å². The smallest absolute Gasteiger partial charge is 0.0363 e. The standard InChI is InChI=1S/C15H26N2/c1-4-6-7-12-17(3)15-10-8-14(9-11-15)13-16-5-2/h8-11,16H,4-7,12-13H2,1-3H3. The fourth-order valence-electron chi connectivity index (χ4n) is 1.87. The Morgan fingerprint density at radius 2 is 1.76 bits per heavy atom. The van der Waals surface area contributed by atoms with Crippen LogP contribution in [0.3, 0.4) is 0 Å². The number of rotatable bonds is 8. The zero-order chi connectivity index (χ0) is 12.5. The summed E-state index contributed by atoms with van der Waals surface area (Å²) < 4.78 is 0. The molecular weight excluding hydrogens is 208 g/mol. The Balaban J connectivity index is 2.43. The number of hydrogen-bond acceptors (Lipinski definition) is 2.